The monoisotopic (exact) mass is 362 g/mol. The second-order valence-electron chi connectivity index (χ2n) is 5.68. The number of carbonyl (C=O) groups is 1. The number of hydrogen-bond acceptors (Lipinski definition) is 2. The first-order valence-electron chi connectivity index (χ1n) is 7.45. The third kappa shape index (κ3) is 3.41. The van der Waals surface area contributed by atoms with E-state index >= 15 is 0 Å². The molecule has 24 heavy (non-hydrogen) atoms. The van der Waals surface area contributed by atoms with Crippen molar-refractivity contribution in [3.05, 3.63) is 69.8 Å². The smallest absolute Gasteiger partial charge is 0.320 e. The zero-order chi connectivity index (χ0) is 17.3. The number of aliphatic carboxylic acids is 1. The number of nitrogens with zero attached hydrogens (tertiary/aromatic N) is 1. The first kappa shape index (κ1) is 16.8. The van der Waals surface area contributed by atoms with Crippen LogP contribution < -0.4 is 5.73 Å². The summed E-state index contributed by atoms with van der Waals surface area (Å²) in [6, 6.07) is 12.3. The van der Waals surface area contributed by atoms with Crippen LogP contribution in [0.15, 0.2) is 48.7 Å². The molecule has 1 unspecified atom stereocenters. The molecule has 0 aliphatic carbocycles. The minimum absolute atomic E-state index is 0.275. The largest absolute Gasteiger partial charge is 0.480 e. The first-order valence-corrected chi connectivity index (χ1v) is 8.20. The number of hydrogen-bond donors (Lipinski definition) is 2. The van der Waals surface area contributed by atoms with Crippen LogP contribution in [0.4, 0.5) is 0 Å². The quantitative estimate of drug-likeness (QED) is 0.721. The van der Waals surface area contributed by atoms with Gasteiger partial charge in [0.1, 0.15) is 6.04 Å². The molecule has 3 N–H and O–H groups in total. The lowest BCUT2D eigenvalue weighted by atomic mass is 10.1. The van der Waals surface area contributed by atoms with Gasteiger partial charge in [0.05, 0.1) is 0 Å². The molecule has 4 nitrogen and oxygen atoms in total. The molecule has 124 valence electrons. The van der Waals surface area contributed by atoms with Crippen LogP contribution in [-0.2, 0) is 17.8 Å². The van der Waals surface area contributed by atoms with E-state index in [1.807, 2.05) is 41.1 Å². The highest BCUT2D eigenvalue weighted by Gasteiger charge is 2.16. The highest BCUT2D eigenvalue weighted by atomic mass is 35.5. The molecule has 0 amide bonds. The van der Waals surface area contributed by atoms with Gasteiger partial charge in [-0.05, 0) is 29.3 Å². The van der Waals surface area contributed by atoms with Gasteiger partial charge in [0.25, 0.3) is 0 Å². The lowest BCUT2D eigenvalue weighted by Crippen LogP contribution is -2.32. The second-order valence-corrected chi connectivity index (χ2v) is 6.53. The van der Waals surface area contributed by atoms with Gasteiger partial charge in [-0.25, -0.2) is 0 Å². The van der Waals surface area contributed by atoms with Gasteiger partial charge in [-0.3, -0.25) is 4.79 Å². The third-order valence-corrected chi connectivity index (χ3v) is 4.57. The second kappa shape index (κ2) is 6.85. The molecule has 0 fully saturated rings. The molecule has 0 aliphatic rings. The maximum absolute atomic E-state index is 11.1. The summed E-state index contributed by atoms with van der Waals surface area (Å²) in [7, 11) is 0. The Balaban J connectivity index is 2.00. The minimum Gasteiger partial charge on any atom is -0.480 e. The maximum Gasteiger partial charge on any atom is 0.320 e. The van der Waals surface area contributed by atoms with Crippen molar-refractivity contribution in [3.63, 3.8) is 0 Å². The normalized spacial score (nSPS) is 12.5. The van der Waals surface area contributed by atoms with E-state index in [-0.39, 0.29) is 6.42 Å². The number of rotatable bonds is 5. The summed E-state index contributed by atoms with van der Waals surface area (Å²) in [5, 5.41) is 11.3. The summed E-state index contributed by atoms with van der Waals surface area (Å²) in [4.78, 5) is 11.1. The molecule has 3 rings (SSSR count). The van der Waals surface area contributed by atoms with Gasteiger partial charge in [-0.2, -0.15) is 0 Å². The molecule has 0 radical (unpaired) electrons. The Morgan fingerprint density at radius 2 is 1.92 bits per heavy atom. The maximum atomic E-state index is 11.1. The Kier molecular flexibility index (Phi) is 4.81. The van der Waals surface area contributed by atoms with Crippen LogP contribution in [-0.4, -0.2) is 21.7 Å². The fourth-order valence-corrected chi connectivity index (χ4v) is 3.24. The number of fused-ring (bicyclic) bond motifs is 1. The predicted octanol–water partition coefficient (Wildman–Crippen LogP) is 3.95. The molecule has 0 saturated heterocycles. The summed E-state index contributed by atoms with van der Waals surface area (Å²) in [5.41, 5.74) is 8.56. The molecule has 2 aromatic carbocycles. The van der Waals surface area contributed by atoms with Gasteiger partial charge in [0.2, 0.25) is 0 Å². The Morgan fingerprint density at radius 1 is 1.17 bits per heavy atom. The summed E-state index contributed by atoms with van der Waals surface area (Å²) >= 11 is 12.2. The molecular weight excluding hydrogens is 347 g/mol. The number of carboxylic acid groups (broad SMARTS) is 1. The molecule has 0 bridgehead atoms. The topological polar surface area (TPSA) is 68.2 Å². The Labute approximate surface area is 149 Å². The van der Waals surface area contributed by atoms with Gasteiger partial charge in [0, 0.05) is 40.1 Å². The van der Waals surface area contributed by atoms with E-state index in [0.29, 0.717) is 16.6 Å². The van der Waals surface area contributed by atoms with Crippen LogP contribution >= 0.6 is 23.2 Å². The molecule has 0 saturated carbocycles. The Bertz CT molecular complexity index is 905. The van der Waals surface area contributed by atoms with Crippen molar-refractivity contribution in [3.8, 4) is 0 Å². The highest BCUT2D eigenvalue weighted by molar-refractivity contribution is 6.35. The average Bonchev–Trinajstić information content (AvgIpc) is 2.88. The number of benzene rings is 2. The van der Waals surface area contributed by atoms with Crippen molar-refractivity contribution in [1.82, 2.24) is 4.57 Å². The van der Waals surface area contributed by atoms with E-state index in [9.17, 15) is 4.79 Å². The minimum atomic E-state index is -1.01. The molecule has 0 aliphatic heterocycles. The molecule has 1 aromatic heterocycles. The van der Waals surface area contributed by atoms with E-state index < -0.39 is 12.0 Å². The molecule has 1 heterocycles. The van der Waals surface area contributed by atoms with Gasteiger partial charge in [-0.1, -0.05) is 47.5 Å². The molecule has 3 aromatic rings. The number of aromatic nitrogens is 1. The van der Waals surface area contributed by atoms with Crippen LogP contribution in [0, 0.1) is 0 Å². The van der Waals surface area contributed by atoms with E-state index in [1.165, 1.54) is 0 Å². The zero-order valence-corrected chi connectivity index (χ0v) is 14.3. The van der Waals surface area contributed by atoms with Gasteiger partial charge >= 0.3 is 5.97 Å². The summed E-state index contributed by atoms with van der Waals surface area (Å²) in [6.45, 7) is 0.568. The van der Waals surface area contributed by atoms with Crippen molar-refractivity contribution < 1.29 is 9.90 Å². The molecule has 1 atom stereocenters. The predicted molar refractivity (Wildman–Crippen MR) is 96.8 cm³/mol. The standard InChI is InChI=1S/C18H16Cl2N2O2/c19-13-6-5-11(15(20)8-13)9-22-10-12(7-16(21)18(23)24)14-3-1-2-4-17(14)22/h1-6,8,10,16H,7,9,21H2,(H,23,24). The summed E-state index contributed by atoms with van der Waals surface area (Å²) in [6.07, 6.45) is 2.22. The molecular formula is C18H16Cl2N2O2. The van der Waals surface area contributed by atoms with Crippen LogP contribution in [0.5, 0.6) is 0 Å². The average molecular weight is 363 g/mol. The zero-order valence-electron chi connectivity index (χ0n) is 12.7. The number of carboxylic acids is 1. The Morgan fingerprint density at radius 3 is 2.62 bits per heavy atom. The highest BCUT2D eigenvalue weighted by Crippen LogP contribution is 2.26. The molecule has 6 heteroatoms. The van der Waals surface area contributed by atoms with Crippen molar-refractivity contribution in [2.75, 3.05) is 0 Å². The van der Waals surface area contributed by atoms with Crippen molar-refractivity contribution in [2.45, 2.75) is 19.0 Å². The Hall–Kier alpha value is -2.01. The van der Waals surface area contributed by atoms with Crippen LogP contribution in [0.1, 0.15) is 11.1 Å². The lowest BCUT2D eigenvalue weighted by Gasteiger charge is -2.08. The summed E-state index contributed by atoms with van der Waals surface area (Å²) in [5.74, 6) is -1.01. The summed E-state index contributed by atoms with van der Waals surface area (Å²) < 4.78 is 2.05. The van der Waals surface area contributed by atoms with Crippen LogP contribution in [0.3, 0.4) is 0 Å². The SMILES string of the molecule is NC(Cc1cn(Cc2ccc(Cl)cc2Cl)c2ccccc12)C(=O)O. The van der Waals surface area contributed by atoms with Crippen LogP contribution in [0.25, 0.3) is 10.9 Å². The lowest BCUT2D eigenvalue weighted by molar-refractivity contribution is -0.138. The van der Waals surface area contributed by atoms with E-state index in [2.05, 4.69) is 0 Å². The van der Waals surface area contributed by atoms with Gasteiger partial charge in [0.15, 0.2) is 0 Å². The van der Waals surface area contributed by atoms with E-state index in [1.54, 1.807) is 12.1 Å². The van der Waals surface area contributed by atoms with Crippen molar-refractivity contribution in [1.29, 1.82) is 0 Å². The van der Waals surface area contributed by atoms with E-state index in [4.69, 9.17) is 34.0 Å². The van der Waals surface area contributed by atoms with Crippen molar-refractivity contribution >= 4 is 40.1 Å². The fraction of sp³-hybridized carbons (Fsp3) is 0.167. The van der Waals surface area contributed by atoms with Gasteiger partial charge < -0.3 is 15.4 Å². The van der Waals surface area contributed by atoms with E-state index in [0.717, 1.165) is 22.0 Å². The fourth-order valence-electron chi connectivity index (χ4n) is 2.77. The number of halogens is 2. The van der Waals surface area contributed by atoms with Crippen molar-refractivity contribution in [2.24, 2.45) is 5.73 Å². The number of nitrogens with two attached hydrogens (primary N) is 1. The molecule has 0 spiro atoms. The van der Waals surface area contributed by atoms with Gasteiger partial charge in [-0.15, -0.1) is 0 Å². The number of para-hydroxylation sites is 1. The van der Waals surface area contributed by atoms with Crippen LogP contribution in [0.2, 0.25) is 10.0 Å². The first-order chi connectivity index (χ1) is 11.5. The third-order valence-electron chi connectivity index (χ3n) is 3.98.